The lowest BCUT2D eigenvalue weighted by Crippen LogP contribution is -2.14. The lowest BCUT2D eigenvalue weighted by Gasteiger charge is -2.12. The highest BCUT2D eigenvalue weighted by molar-refractivity contribution is 5.45. The Kier molecular flexibility index (Phi) is 3.73. The molecule has 0 aliphatic heterocycles. The highest BCUT2D eigenvalue weighted by Gasteiger charge is 1.94. The van der Waals surface area contributed by atoms with E-state index in [1.54, 1.807) is 0 Å². The first-order valence-corrected chi connectivity index (χ1v) is 4.32. The maximum Gasteiger partial charge on any atom is 0.0934 e. The van der Waals surface area contributed by atoms with E-state index < -0.39 is 0 Å². The Morgan fingerprint density at radius 3 is 2.31 bits per heavy atom. The summed E-state index contributed by atoms with van der Waals surface area (Å²) in [5, 5.41) is 11.4. The molecule has 3 nitrogen and oxygen atoms in total. The summed E-state index contributed by atoms with van der Waals surface area (Å²) < 4.78 is 0. The number of benzene rings is 1. The Hall–Kier alpha value is -1.06. The minimum atomic E-state index is 0.0232. The third kappa shape index (κ3) is 3.05. The molecule has 1 aromatic carbocycles. The van der Waals surface area contributed by atoms with E-state index >= 15 is 0 Å². The van der Waals surface area contributed by atoms with Gasteiger partial charge in [-0.2, -0.15) is 0 Å². The first-order valence-electron chi connectivity index (χ1n) is 4.32. The molecule has 2 N–H and O–H groups in total. The van der Waals surface area contributed by atoms with Gasteiger partial charge in [-0.25, -0.2) is 0 Å². The van der Waals surface area contributed by atoms with Crippen molar-refractivity contribution in [3.8, 4) is 0 Å². The zero-order chi connectivity index (χ0) is 9.68. The number of anilines is 1. The van der Waals surface area contributed by atoms with Crippen molar-refractivity contribution in [3.05, 3.63) is 29.8 Å². The molecule has 0 heterocycles. The number of hydrogen-bond donors (Lipinski definition) is 2. The minimum Gasteiger partial charge on any atom is -0.381 e. The van der Waals surface area contributed by atoms with Crippen LogP contribution >= 0.6 is 0 Å². The Bertz CT molecular complexity index is 244. The second-order valence-corrected chi connectivity index (χ2v) is 3.15. The summed E-state index contributed by atoms with van der Waals surface area (Å²) in [6.07, 6.45) is 0. The van der Waals surface area contributed by atoms with Gasteiger partial charge in [-0.15, -0.1) is 0 Å². The molecule has 0 fully saturated rings. The Labute approximate surface area is 79.0 Å². The molecule has 0 aromatic heterocycles. The number of hydrogen-bond acceptors (Lipinski definition) is 3. The fourth-order valence-corrected chi connectivity index (χ4v) is 1.11. The second-order valence-electron chi connectivity index (χ2n) is 3.15. The minimum absolute atomic E-state index is 0.0232. The molecule has 0 aliphatic carbocycles. The van der Waals surface area contributed by atoms with Gasteiger partial charge in [0.15, 0.2) is 0 Å². The zero-order valence-electron chi connectivity index (χ0n) is 8.12. The molecule has 0 aliphatic rings. The van der Waals surface area contributed by atoms with E-state index in [0.29, 0.717) is 6.54 Å². The summed E-state index contributed by atoms with van der Waals surface area (Å²) in [5.41, 5.74) is 2.37. The van der Waals surface area contributed by atoms with Gasteiger partial charge in [0.1, 0.15) is 0 Å². The van der Waals surface area contributed by atoms with Crippen molar-refractivity contribution in [2.75, 3.05) is 25.7 Å². The fourth-order valence-electron chi connectivity index (χ4n) is 1.11. The van der Waals surface area contributed by atoms with Crippen LogP contribution in [0.4, 0.5) is 5.69 Å². The average Bonchev–Trinajstić information content (AvgIpc) is 2.15. The maximum absolute atomic E-state index is 8.55. The summed E-state index contributed by atoms with van der Waals surface area (Å²) in [4.78, 5) is 2.06. The highest BCUT2D eigenvalue weighted by Crippen LogP contribution is 2.11. The number of rotatable bonds is 4. The molecule has 0 radical (unpaired) electrons. The zero-order valence-corrected chi connectivity index (χ0v) is 8.12. The molecule has 13 heavy (non-hydrogen) atoms. The largest absolute Gasteiger partial charge is 0.381 e. The molecular weight excluding hydrogens is 164 g/mol. The third-order valence-electron chi connectivity index (χ3n) is 1.89. The standard InChI is InChI=1S/C10H16N2O/c1-12(2)10-5-3-9(4-6-10)7-11-8-13/h3-6,11,13H,7-8H2,1-2H3. The summed E-state index contributed by atoms with van der Waals surface area (Å²) in [6, 6.07) is 8.23. The van der Waals surface area contributed by atoms with Crippen LogP contribution in [0.25, 0.3) is 0 Å². The summed E-state index contributed by atoms with van der Waals surface area (Å²) in [7, 11) is 4.03. The molecule has 1 rings (SSSR count). The molecule has 0 unspecified atom stereocenters. The van der Waals surface area contributed by atoms with Crippen LogP contribution in [0.2, 0.25) is 0 Å². The van der Waals surface area contributed by atoms with Crippen LogP contribution in [0, 0.1) is 0 Å². The van der Waals surface area contributed by atoms with Crippen molar-refractivity contribution in [2.45, 2.75) is 6.54 Å². The molecule has 0 saturated heterocycles. The Morgan fingerprint density at radius 1 is 1.23 bits per heavy atom. The van der Waals surface area contributed by atoms with E-state index in [1.165, 1.54) is 11.3 Å². The topological polar surface area (TPSA) is 35.5 Å². The van der Waals surface area contributed by atoms with Gasteiger partial charge in [-0.1, -0.05) is 12.1 Å². The second kappa shape index (κ2) is 4.84. The first-order chi connectivity index (χ1) is 6.24. The van der Waals surface area contributed by atoms with Crippen molar-refractivity contribution >= 4 is 5.69 Å². The average molecular weight is 180 g/mol. The van der Waals surface area contributed by atoms with Crippen molar-refractivity contribution in [2.24, 2.45) is 0 Å². The van der Waals surface area contributed by atoms with Crippen LogP contribution in [0.5, 0.6) is 0 Å². The molecule has 0 atom stereocenters. The van der Waals surface area contributed by atoms with Crippen molar-refractivity contribution in [1.82, 2.24) is 5.32 Å². The molecule has 0 amide bonds. The molecule has 1 aromatic rings. The lowest BCUT2D eigenvalue weighted by atomic mass is 10.2. The first kappa shape index (κ1) is 10.0. The van der Waals surface area contributed by atoms with Crippen LogP contribution in [0.15, 0.2) is 24.3 Å². The summed E-state index contributed by atoms with van der Waals surface area (Å²) >= 11 is 0. The van der Waals surface area contributed by atoms with Crippen molar-refractivity contribution in [1.29, 1.82) is 0 Å². The van der Waals surface area contributed by atoms with Crippen molar-refractivity contribution in [3.63, 3.8) is 0 Å². The molecule has 0 saturated carbocycles. The molecule has 72 valence electrons. The normalized spacial score (nSPS) is 10.1. The maximum atomic E-state index is 8.55. The predicted octanol–water partition coefficient (Wildman–Crippen LogP) is 0.792. The molecule has 0 bridgehead atoms. The van der Waals surface area contributed by atoms with Crippen molar-refractivity contribution < 1.29 is 5.11 Å². The highest BCUT2D eigenvalue weighted by atomic mass is 16.3. The third-order valence-corrected chi connectivity index (χ3v) is 1.89. The van der Waals surface area contributed by atoms with E-state index in [0.717, 1.165) is 0 Å². The number of aliphatic hydroxyl groups excluding tert-OH is 1. The SMILES string of the molecule is CN(C)c1ccc(CNCO)cc1. The molecule has 3 heteroatoms. The van der Waals surface area contributed by atoms with Gasteiger partial charge in [0.05, 0.1) is 6.73 Å². The number of aliphatic hydroxyl groups is 1. The van der Waals surface area contributed by atoms with Gasteiger partial charge in [0.25, 0.3) is 0 Å². The smallest absolute Gasteiger partial charge is 0.0934 e. The van der Waals surface area contributed by atoms with E-state index in [9.17, 15) is 0 Å². The number of nitrogens with one attached hydrogen (secondary N) is 1. The van der Waals surface area contributed by atoms with Crippen LogP contribution < -0.4 is 10.2 Å². The Balaban J connectivity index is 2.59. The molecular formula is C10H16N2O. The van der Waals surface area contributed by atoms with Crippen LogP contribution in [-0.2, 0) is 6.54 Å². The van der Waals surface area contributed by atoms with Crippen LogP contribution in [-0.4, -0.2) is 25.9 Å². The van der Waals surface area contributed by atoms with Gasteiger partial charge in [-0.3, -0.25) is 5.32 Å². The van der Waals surface area contributed by atoms with E-state index in [4.69, 9.17) is 5.11 Å². The fraction of sp³-hybridized carbons (Fsp3) is 0.400. The summed E-state index contributed by atoms with van der Waals surface area (Å²) in [5.74, 6) is 0. The van der Waals surface area contributed by atoms with Gasteiger partial charge >= 0.3 is 0 Å². The predicted molar refractivity (Wildman–Crippen MR) is 54.7 cm³/mol. The number of nitrogens with zero attached hydrogens (tertiary/aromatic N) is 1. The molecule has 0 spiro atoms. The quantitative estimate of drug-likeness (QED) is 0.672. The van der Waals surface area contributed by atoms with Gasteiger partial charge in [-0.05, 0) is 17.7 Å². The monoisotopic (exact) mass is 180 g/mol. The van der Waals surface area contributed by atoms with Crippen LogP contribution in [0.1, 0.15) is 5.56 Å². The van der Waals surface area contributed by atoms with Gasteiger partial charge < -0.3 is 10.0 Å². The van der Waals surface area contributed by atoms with E-state index in [-0.39, 0.29) is 6.73 Å². The van der Waals surface area contributed by atoms with Gasteiger partial charge in [0, 0.05) is 26.3 Å². The van der Waals surface area contributed by atoms with Gasteiger partial charge in [0.2, 0.25) is 0 Å². The van der Waals surface area contributed by atoms with E-state index in [1.807, 2.05) is 14.1 Å². The van der Waals surface area contributed by atoms with Crippen LogP contribution in [0.3, 0.4) is 0 Å². The van der Waals surface area contributed by atoms with E-state index in [2.05, 4.69) is 34.5 Å². The summed E-state index contributed by atoms with van der Waals surface area (Å²) in [6.45, 7) is 0.736. The Morgan fingerprint density at radius 2 is 1.85 bits per heavy atom. The lowest BCUT2D eigenvalue weighted by molar-refractivity contribution is 0.259.